The van der Waals surface area contributed by atoms with Crippen molar-refractivity contribution < 1.29 is 9.59 Å². The van der Waals surface area contributed by atoms with Crippen molar-refractivity contribution in [1.82, 2.24) is 10.2 Å². The van der Waals surface area contributed by atoms with Crippen LogP contribution in [0.25, 0.3) is 0 Å². The number of para-hydroxylation sites is 1. The number of nitrogens with one attached hydrogen (secondary N) is 1. The van der Waals surface area contributed by atoms with E-state index in [1.165, 1.54) is 11.3 Å². The summed E-state index contributed by atoms with van der Waals surface area (Å²) in [4.78, 5) is 31.1. The van der Waals surface area contributed by atoms with Gasteiger partial charge < -0.3 is 15.1 Å². The fourth-order valence-electron chi connectivity index (χ4n) is 3.71. The molecule has 1 N–H and O–H groups in total. The molecule has 1 saturated heterocycles. The van der Waals surface area contributed by atoms with E-state index >= 15 is 0 Å². The lowest BCUT2D eigenvalue weighted by atomic mass is 10.0. The van der Waals surface area contributed by atoms with Gasteiger partial charge >= 0.3 is 0 Å². The van der Waals surface area contributed by atoms with Crippen LogP contribution in [0.5, 0.6) is 0 Å². The quantitative estimate of drug-likeness (QED) is 0.620. The summed E-state index contributed by atoms with van der Waals surface area (Å²) in [5, 5.41) is 4.89. The van der Waals surface area contributed by atoms with Gasteiger partial charge in [-0.1, -0.05) is 42.5 Å². The summed E-state index contributed by atoms with van der Waals surface area (Å²) >= 11 is 1.38. The minimum absolute atomic E-state index is 0.117. The highest BCUT2D eigenvalue weighted by molar-refractivity contribution is 7.12. The predicted octanol–water partition coefficient (Wildman–Crippen LogP) is 3.66. The molecule has 4 rings (SSSR count). The smallest absolute Gasteiger partial charge is 0.252 e. The lowest BCUT2D eigenvalue weighted by Gasteiger charge is -2.35. The van der Waals surface area contributed by atoms with E-state index in [1.807, 2.05) is 23.6 Å². The minimum Gasteiger partial charge on any atom is -0.369 e. The van der Waals surface area contributed by atoms with Gasteiger partial charge in [-0.15, -0.1) is 11.3 Å². The number of carbonyl (C=O) groups excluding carboxylic acids is 2. The molecule has 0 unspecified atom stereocenters. The molecule has 6 heteroatoms. The number of piperazine rings is 1. The number of benzene rings is 2. The van der Waals surface area contributed by atoms with Crippen molar-refractivity contribution >= 4 is 28.7 Å². The average molecular weight is 420 g/mol. The second-order valence-corrected chi connectivity index (χ2v) is 8.40. The number of rotatable bonds is 6. The van der Waals surface area contributed by atoms with Crippen LogP contribution >= 0.6 is 11.3 Å². The fraction of sp³-hybridized carbons (Fsp3) is 0.250. The van der Waals surface area contributed by atoms with E-state index in [0.29, 0.717) is 22.5 Å². The van der Waals surface area contributed by atoms with Gasteiger partial charge in [-0.2, -0.15) is 0 Å². The highest BCUT2D eigenvalue weighted by atomic mass is 32.1. The third-order valence-corrected chi connectivity index (χ3v) is 6.30. The summed E-state index contributed by atoms with van der Waals surface area (Å²) < 4.78 is 0. The number of amides is 1. The van der Waals surface area contributed by atoms with Gasteiger partial charge in [0, 0.05) is 44.0 Å². The Kier molecular flexibility index (Phi) is 6.26. The molecule has 0 aliphatic carbocycles. The molecule has 154 valence electrons. The Balaban J connectivity index is 1.50. The molecular formula is C24H25N3O2S. The first-order valence-corrected chi connectivity index (χ1v) is 11.0. The molecule has 2 heterocycles. The van der Waals surface area contributed by atoms with Gasteiger partial charge in [0.25, 0.3) is 5.91 Å². The highest BCUT2D eigenvalue weighted by Gasteiger charge is 2.20. The summed E-state index contributed by atoms with van der Waals surface area (Å²) in [6.07, 6.45) is 0. The second-order valence-electron chi connectivity index (χ2n) is 7.45. The Bertz CT molecular complexity index is 1020. The van der Waals surface area contributed by atoms with E-state index < -0.39 is 0 Å². The monoisotopic (exact) mass is 419 g/mol. The maximum Gasteiger partial charge on any atom is 0.252 e. The molecule has 30 heavy (non-hydrogen) atoms. The van der Waals surface area contributed by atoms with Crippen LogP contribution in [0.1, 0.15) is 31.2 Å². The molecule has 5 nitrogen and oxygen atoms in total. The first-order valence-electron chi connectivity index (χ1n) is 10.1. The summed E-state index contributed by atoms with van der Waals surface area (Å²) in [5.74, 6) is -0.350. The summed E-state index contributed by atoms with van der Waals surface area (Å²) in [5.41, 5.74) is 3.09. The number of ketones is 1. The van der Waals surface area contributed by atoms with Crippen molar-refractivity contribution in [3.05, 3.63) is 87.6 Å². The summed E-state index contributed by atoms with van der Waals surface area (Å²) in [6, 6.07) is 18.8. The molecule has 1 aliphatic heterocycles. The van der Waals surface area contributed by atoms with Crippen LogP contribution < -0.4 is 10.2 Å². The van der Waals surface area contributed by atoms with E-state index in [-0.39, 0.29) is 11.7 Å². The molecule has 2 aromatic carbocycles. The Morgan fingerprint density at radius 3 is 2.33 bits per heavy atom. The zero-order valence-electron chi connectivity index (χ0n) is 17.0. The Hall–Kier alpha value is -2.96. The SMILES string of the molecule is CN1CCN(c2ccccc2CNC(=O)c2ccccc2C(=O)c2cccs2)CC1. The number of thiophene rings is 1. The number of hydrogen-bond acceptors (Lipinski definition) is 5. The van der Waals surface area contributed by atoms with Crippen LogP contribution in [0.2, 0.25) is 0 Å². The number of carbonyl (C=O) groups is 2. The largest absolute Gasteiger partial charge is 0.369 e. The van der Waals surface area contributed by atoms with Gasteiger partial charge in [-0.25, -0.2) is 0 Å². The fourth-order valence-corrected chi connectivity index (χ4v) is 4.38. The standard InChI is InChI=1S/C24H25N3O2S/c1-26-12-14-27(15-13-26)21-10-5-2-7-18(21)17-25-24(29)20-9-4-3-8-19(20)23(28)22-11-6-16-30-22/h2-11,16H,12-15,17H2,1H3,(H,25,29). The topological polar surface area (TPSA) is 52.6 Å². The second kappa shape index (κ2) is 9.24. The van der Waals surface area contributed by atoms with Crippen LogP contribution in [0, 0.1) is 0 Å². The Labute approximate surface area is 180 Å². The molecule has 3 aromatic rings. The minimum atomic E-state index is -0.233. The van der Waals surface area contributed by atoms with Crippen LogP contribution in [-0.4, -0.2) is 49.8 Å². The molecule has 0 saturated carbocycles. The highest BCUT2D eigenvalue weighted by Crippen LogP contribution is 2.22. The van der Waals surface area contributed by atoms with Crippen LogP contribution in [0.15, 0.2) is 66.0 Å². The van der Waals surface area contributed by atoms with E-state index in [9.17, 15) is 9.59 Å². The van der Waals surface area contributed by atoms with Gasteiger partial charge in [0.1, 0.15) is 0 Å². The zero-order valence-corrected chi connectivity index (χ0v) is 17.8. The first kappa shape index (κ1) is 20.3. The van der Waals surface area contributed by atoms with E-state index in [2.05, 4.69) is 34.3 Å². The number of hydrogen-bond donors (Lipinski definition) is 1. The third-order valence-electron chi connectivity index (χ3n) is 5.44. The Morgan fingerprint density at radius 2 is 1.60 bits per heavy atom. The van der Waals surface area contributed by atoms with Crippen LogP contribution in [0.4, 0.5) is 5.69 Å². The van der Waals surface area contributed by atoms with Gasteiger partial charge in [0.15, 0.2) is 0 Å². The van der Waals surface area contributed by atoms with Crippen molar-refractivity contribution in [2.75, 3.05) is 38.1 Å². The van der Waals surface area contributed by atoms with Crippen molar-refractivity contribution in [3.63, 3.8) is 0 Å². The predicted molar refractivity (Wildman–Crippen MR) is 122 cm³/mol. The first-order chi connectivity index (χ1) is 14.6. The van der Waals surface area contributed by atoms with Crippen LogP contribution in [-0.2, 0) is 6.54 Å². The van der Waals surface area contributed by atoms with Crippen molar-refractivity contribution in [1.29, 1.82) is 0 Å². The van der Waals surface area contributed by atoms with E-state index in [0.717, 1.165) is 37.4 Å². The summed E-state index contributed by atoms with van der Waals surface area (Å²) in [7, 11) is 2.14. The van der Waals surface area contributed by atoms with Crippen LogP contribution in [0.3, 0.4) is 0 Å². The molecule has 0 spiro atoms. The molecule has 1 aromatic heterocycles. The van der Waals surface area contributed by atoms with Gasteiger partial charge in [0.2, 0.25) is 5.78 Å². The molecule has 1 fully saturated rings. The molecular weight excluding hydrogens is 394 g/mol. The third kappa shape index (κ3) is 4.45. The summed E-state index contributed by atoms with van der Waals surface area (Å²) in [6.45, 7) is 4.42. The average Bonchev–Trinajstić information content (AvgIpc) is 3.33. The van der Waals surface area contributed by atoms with Crippen molar-refractivity contribution in [3.8, 4) is 0 Å². The van der Waals surface area contributed by atoms with Crippen molar-refractivity contribution in [2.24, 2.45) is 0 Å². The molecule has 0 bridgehead atoms. The molecule has 1 amide bonds. The number of likely N-dealkylation sites (N-methyl/N-ethyl adjacent to an activating group) is 1. The number of anilines is 1. The maximum atomic E-state index is 13.0. The molecule has 1 aliphatic rings. The van der Waals surface area contributed by atoms with Gasteiger partial charge in [0.05, 0.1) is 10.4 Å². The van der Waals surface area contributed by atoms with E-state index in [4.69, 9.17) is 0 Å². The lowest BCUT2D eigenvalue weighted by Crippen LogP contribution is -2.45. The normalized spacial score (nSPS) is 14.5. The van der Waals surface area contributed by atoms with Crippen molar-refractivity contribution in [2.45, 2.75) is 6.54 Å². The molecule has 0 radical (unpaired) electrons. The Morgan fingerprint density at radius 1 is 0.900 bits per heavy atom. The van der Waals surface area contributed by atoms with Gasteiger partial charge in [-0.3, -0.25) is 9.59 Å². The van der Waals surface area contributed by atoms with E-state index in [1.54, 1.807) is 30.3 Å². The zero-order chi connectivity index (χ0) is 20.9. The number of nitrogens with zero attached hydrogens (tertiary/aromatic N) is 2. The molecule has 0 atom stereocenters. The maximum absolute atomic E-state index is 13.0. The lowest BCUT2D eigenvalue weighted by molar-refractivity contribution is 0.0940. The van der Waals surface area contributed by atoms with Gasteiger partial charge in [-0.05, 0) is 36.2 Å².